The fraction of sp³-hybridized carbons (Fsp3) is 0.400. The van der Waals surface area contributed by atoms with E-state index in [0.29, 0.717) is 25.8 Å². The molecule has 1 rings (SSSR count). The Bertz CT molecular complexity index is 568. The largest absolute Gasteiger partial charge is 0.389 e. The van der Waals surface area contributed by atoms with Crippen molar-refractivity contribution in [3.05, 3.63) is 66.5 Å². The van der Waals surface area contributed by atoms with Crippen molar-refractivity contribution in [2.75, 3.05) is 6.54 Å². The van der Waals surface area contributed by atoms with Crippen molar-refractivity contribution >= 4 is 5.91 Å². The van der Waals surface area contributed by atoms with Crippen molar-refractivity contribution in [1.29, 1.82) is 0 Å². The summed E-state index contributed by atoms with van der Waals surface area (Å²) in [6.45, 7) is 2.47. The molecule has 5 heteroatoms. The quantitative estimate of drug-likeness (QED) is 0.538. The molecule has 1 heterocycles. The van der Waals surface area contributed by atoms with Gasteiger partial charge in [0.1, 0.15) is 0 Å². The van der Waals surface area contributed by atoms with Gasteiger partial charge in [-0.1, -0.05) is 42.5 Å². The molecule has 0 fully saturated rings. The van der Waals surface area contributed by atoms with Gasteiger partial charge in [0.05, 0.1) is 12.2 Å². The highest BCUT2D eigenvalue weighted by Crippen LogP contribution is 2.03. The molecule has 5 nitrogen and oxygen atoms in total. The van der Waals surface area contributed by atoms with Gasteiger partial charge in [0.2, 0.25) is 5.91 Å². The van der Waals surface area contributed by atoms with E-state index in [0.717, 1.165) is 12.1 Å². The van der Waals surface area contributed by atoms with E-state index in [1.807, 2.05) is 25.1 Å². The molecule has 0 aliphatic carbocycles. The SMILES string of the molecule is CCNC(=O)CCC(O)/C=C/C=C\C=C\C(O)CCc1ccccn1. The molecule has 2 atom stereocenters. The number of nitrogens with zero attached hydrogens (tertiary/aromatic N) is 1. The summed E-state index contributed by atoms with van der Waals surface area (Å²) in [5, 5.41) is 22.3. The highest BCUT2D eigenvalue weighted by molar-refractivity contribution is 5.75. The van der Waals surface area contributed by atoms with Crippen molar-refractivity contribution in [2.24, 2.45) is 0 Å². The fourth-order valence-corrected chi connectivity index (χ4v) is 2.11. The first kappa shape index (κ1) is 20.8. The first-order chi connectivity index (χ1) is 12.1. The number of carbonyl (C=O) groups excluding carboxylic acids is 1. The average Bonchev–Trinajstić information content (AvgIpc) is 2.62. The van der Waals surface area contributed by atoms with Crippen LogP contribution in [0.3, 0.4) is 0 Å². The molecule has 25 heavy (non-hydrogen) atoms. The molecule has 1 amide bonds. The smallest absolute Gasteiger partial charge is 0.220 e. The van der Waals surface area contributed by atoms with Gasteiger partial charge in [0.25, 0.3) is 0 Å². The van der Waals surface area contributed by atoms with Crippen LogP contribution in [0.25, 0.3) is 0 Å². The number of amides is 1. The standard InChI is InChI=1S/C20H28N2O3/c1-2-21-20(25)15-14-19(24)11-6-4-3-5-10-18(23)13-12-17-9-7-8-16-22-17/h3-11,16,18-19,23-24H,2,12-15H2,1H3,(H,21,25)/b4-3-,10-5+,11-6+. The number of aryl methyl sites for hydroxylation is 1. The van der Waals surface area contributed by atoms with Crippen molar-refractivity contribution in [3.63, 3.8) is 0 Å². The van der Waals surface area contributed by atoms with Crippen molar-refractivity contribution in [2.45, 2.75) is 44.8 Å². The molecule has 136 valence electrons. The van der Waals surface area contributed by atoms with E-state index in [-0.39, 0.29) is 5.91 Å². The summed E-state index contributed by atoms with van der Waals surface area (Å²) in [7, 11) is 0. The molecule has 0 saturated carbocycles. The Balaban J connectivity index is 2.20. The lowest BCUT2D eigenvalue weighted by Gasteiger charge is -2.04. The number of rotatable bonds is 11. The molecule has 0 bridgehead atoms. The van der Waals surface area contributed by atoms with Gasteiger partial charge in [0.15, 0.2) is 0 Å². The van der Waals surface area contributed by atoms with Crippen molar-refractivity contribution < 1.29 is 15.0 Å². The summed E-state index contributed by atoms with van der Waals surface area (Å²) in [4.78, 5) is 15.5. The van der Waals surface area contributed by atoms with Crippen LogP contribution in [-0.2, 0) is 11.2 Å². The number of aliphatic hydroxyl groups is 2. The topological polar surface area (TPSA) is 82.5 Å². The van der Waals surface area contributed by atoms with Crippen LogP contribution >= 0.6 is 0 Å². The number of pyridine rings is 1. The summed E-state index contributed by atoms with van der Waals surface area (Å²) in [6, 6.07) is 5.75. The Kier molecular flexibility index (Phi) is 10.9. The molecule has 0 aliphatic rings. The number of hydrogen-bond donors (Lipinski definition) is 3. The summed E-state index contributed by atoms with van der Waals surface area (Å²) in [5.74, 6) is -0.0480. The van der Waals surface area contributed by atoms with E-state index in [2.05, 4.69) is 10.3 Å². The van der Waals surface area contributed by atoms with Crippen LogP contribution in [0.2, 0.25) is 0 Å². The van der Waals surface area contributed by atoms with E-state index in [4.69, 9.17) is 0 Å². The number of aromatic nitrogens is 1. The van der Waals surface area contributed by atoms with Crippen LogP contribution in [0.5, 0.6) is 0 Å². The highest BCUT2D eigenvalue weighted by Gasteiger charge is 2.03. The van der Waals surface area contributed by atoms with E-state index < -0.39 is 12.2 Å². The molecular weight excluding hydrogens is 316 g/mol. The summed E-state index contributed by atoms with van der Waals surface area (Å²) in [5.41, 5.74) is 0.968. The molecule has 3 N–H and O–H groups in total. The monoisotopic (exact) mass is 344 g/mol. The van der Waals surface area contributed by atoms with Gasteiger partial charge in [-0.3, -0.25) is 9.78 Å². The van der Waals surface area contributed by atoms with E-state index >= 15 is 0 Å². The van der Waals surface area contributed by atoms with Gasteiger partial charge >= 0.3 is 0 Å². The number of nitrogens with one attached hydrogen (secondary N) is 1. The summed E-state index contributed by atoms with van der Waals surface area (Å²) < 4.78 is 0. The van der Waals surface area contributed by atoms with Gasteiger partial charge in [-0.15, -0.1) is 0 Å². The normalized spacial score (nSPS) is 14.4. The highest BCUT2D eigenvalue weighted by atomic mass is 16.3. The molecule has 2 unspecified atom stereocenters. The molecular formula is C20H28N2O3. The van der Waals surface area contributed by atoms with E-state index in [1.54, 1.807) is 42.7 Å². The van der Waals surface area contributed by atoms with Gasteiger partial charge in [-0.05, 0) is 38.3 Å². The maximum atomic E-state index is 11.3. The van der Waals surface area contributed by atoms with Crippen LogP contribution in [-0.4, -0.2) is 39.9 Å². The molecule has 1 aromatic heterocycles. The molecule has 0 spiro atoms. The minimum absolute atomic E-state index is 0.0480. The zero-order valence-electron chi connectivity index (χ0n) is 14.7. The van der Waals surface area contributed by atoms with E-state index in [9.17, 15) is 15.0 Å². The molecule has 0 aromatic carbocycles. The molecule has 0 radical (unpaired) electrons. The second-order valence-electron chi connectivity index (χ2n) is 5.64. The second-order valence-corrected chi connectivity index (χ2v) is 5.64. The van der Waals surface area contributed by atoms with Gasteiger partial charge < -0.3 is 15.5 Å². The Labute approximate surface area is 149 Å². The second kappa shape index (κ2) is 13.1. The predicted octanol–water partition coefficient (Wildman–Crippen LogP) is 2.32. The molecule has 1 aromatic rings. The van der Waals surface area contributed by atoms with E-state index in [1.165, 1.54) is 0 Å². The third-order valence-electron chi connectivity index (χ3n) is 3.46. The van der Waals surface area contributed by atoms with Crippen LogP contribution in [0.15, 0.2) is 60.9 Å². The number of allylic oxidation sites excluding steroid dienone is 4. The van der Waals surface area contributed by atoms with Gasteiger partial charge in [-0.2, -0.15) is 0 Å². The number of aliphatic hydroxyl groups excluding tert-OH is 2. The minimum Gasteiger partial charge on any atom is -0.389 e. The zero-order valence-corrected chi connectivity index (χ0v) is 14.7. The number of hydrogen-bond acceptors (Lipinski definition) is 4. The lowest BCUT2D eigenvalue weighted by molar-refractivity contribution is -0.121. The third kappa shape index (κ3) is 11.0. The van der Waals surface area contributed by atoms with Crippen molar-refractivity contribution in [1.82, 2.24) is 10.3 Å². The Morgan fingerprint density at radius 2 is 1.80 bits per heavy atom. The maximum Gasteiger partial charge on any atom is 0.220 e. The molecule has 0 aliphatic heterocycles. The summed E-state index contributed by atoms with van der Waals surface area (Å²) in [6.07, 6.45) is 13.1. The zero-order chi connectivity index (χ0) is 18.3. The Hall–Kier alpha value is -2.24. The lowest BCUT2D eigenvalue weighted by atomic mass is 10.1. The number of carbonyl (C=O) groups is 1. The third-order valence-corrected chi connectivity index (χ3v) is 3.46. The van der Waals surface area contributed by atoms with Crippen LogP contribution < -0.4 is 5.32 Å². The van der Waals surface area contributed by atoms with Gasteiger partial charge in [0, 0.05) is 24.9 Å². The van der Waals surface area contributed by atoms with Crippen LogP contribution in [0.4, 0.5) is 0 Å². The molecule has 0 saturated heterocycles. The average molecular weight is 344 g/mol. The Morgan fingerprint density at radius 1 is 1.12 bits per heavy atom. The summed E-state index contributed by atoms with van der Waals surface area (Å²) >= 11 is 0. The Morgan fingerprint density at radius 3 is 2.40 bits per heavy atom. The predicted molar refractivity (Wildman–Crippen MR) is 99.9 cm³/mol. The lowest BCUT2D eigenvalue weighted by Crippen LogP contribution is -2.23. The van der Waals surface area contributed by atoms with Crippen molar-refractivity contribution in [3.8, 4) is 0 Å². The van der Waals surface area contributed by atoms with Crippen LogP contribution in [0, 0.1) is 0 Å². The first-order valence-corrected chi connectivity index (χ1v) is 8.66. The fourth-order valence-electron chi connectivity index (χ4n) is 2.11. The first-order valence-electron chi connectivity index (χ1n) is 8.66. The maximum absolute atomic E-state index is 11.3. The van der Waals surface area contributed by atoms with Gasteiger partial charge in [-0.25, -0.2) is 0 Å². The van der Waals surface area contributed by atoms with Crippen LogP contribution in [0.1, 0.15) is 31.9 Å². The minimum atomic E-state index is -0.639.